The molecule has 0 spiro atoms. The molecule has 2 rings (SSSR count). The van der Waals surface area contributed by atoms with E-state index in [-0.39, 0.29) is 11.3 Å². The van der Waals surface area contributed by atoms with Crippen LogP contribution in [0.3, 0.4) is 0 Å². The molecule has 0 bridgehead atoms. The van der Waals surface area contributed by atoms with Crippen LogP contribution in [0.15, 0.2) is 36.4 Å². The van der Waals surface area contributed by atoms with Crippen LogP contribution in [0.25, 0.3) is 0 Å². The van der Waals surface area contributed by atoms with Crippen molar-refractivity contribution in [2.45, 2.75) is 26.8 Å². The van der Waals surface area contributed by atoms with Gasteiger partial charge < -0.3 is 9.84 Å². The van der Waals surface area contributed by atoms with E-state index in [2.05, 4.69) is 0 Å². The molecule has 8 heteroatoms. The number of aromatic hydroxyl groups is 1. The second-order valence-electron chi connectivity index (χ2n) is 6.07. The van der Waals surface area contributed by atoms with Crippen LogP contribution in [0.1, 0.15) is 28.4 Å². The van der Waals surface area contributed by atoms with Crippen LogP contribution in [0.4, 0.5) is 11.4 Å². The first-order valence-electron chi connectivity index (χ1n) is 8.14. The molecule has 0 saturated heterocycles. The van der Waals surface area contributed by atoms with Gasteiger partial charge >= 0.3 is 5.97 Å². The normalized spacial score (nSPS) is 11.6. The minimum Gasteiger partial charge on any atom is -0.507 e. The topological polar surface area (TPSA) is 110 Å². The molecule has 0 aliphatic heterocycles. The summed E-state index contributed by atoms with van der Waals surface area (Å²) in [5, 5.41) is 21.2. The van der Waals surface area contributed by atoms with Gasteiger partial charge in [0.15, 0.2) is 0 Å². The number of carbonyl (C=O) groups is 2. The number of anilines is 1. The Morgan fingerprint density at radius 1 is 1.19 bits per heavy atom. The van der Waals surface area contributed by atoms with E-state index >= 15 is 0 Å². The highest BCUT2D eigenvalue weighted by Crippen LogP contribution is 2.31. The van der Waals surface area contributed by atoms with Crippen molar-refractivity contribution in [2.75, 3.05) is 12.0 Å². The van der Waals surface area contributed by atoms with Gasteiger partial charge in [0.25, 0.3) is 11.6 Å². The highest BCUT2D eigenvalue weighted by molar-refractivity contribution is 6.11. The van der Waals surface area contributed by atoms with Crippen LogP contribution in [-0.4, -0.2) is 35.1 Å². The predicted molar refractivity (Wildman–Crippen MR) is 99.0 cm³/mol. The first-order chi connectivity index (χ1) is 12.7. The van der Waals surface area contributed by atoms with Crippen molar-refractivity contribution in [2.24, 2.45) is 0 Å². The quantitative estimate of drug-likeness (QED) is 0.490. The van der Waals surface area contributed by atoms with Crippen molar-refractivity contribution < 1.29 is 24.4 Å². The molecule has 1 unspecified atom stereocenters. The van der Waals surface area contributed by atoms with Crippen LogP contribution in [-0.2, 0) is 9.53 Å². The average molecular weight is 372 g/mol. The van der Waals surface area contributed by atoms with E-state index < -0.39 is 28.6 Å². The summed E-state index contributed by atoms with van der Waals surface area (Å²) in [4.78, 5) is 37.0. The third-order valence-corrected chi connectivity index (χ3v) is 4.25. The van der Waals surface area contributed by atoms with Crippen LogP contribution < -0.4 is 4.90 Å². The molecule has 1 atom stereocenters. The fourth-order valence-electron chi connectivity index (χ4n) is 2.87. The van der Waals surface area contributed by atoms with Crippen molar-refractivity contribution in [1.82, 2.24) is 0 Å². The summed E-state index contributed by atoms with van der Waals surface area (Å²) in [6, 6.07) is 7.52. The SMILES string of the molecule is COC(=O)C(C)N(C(=O)c1cc([N+](=O)[O-])ccc1O)c1c(C)cccc1C. The molecule has 0 aromatic heterocycles. The fraction of sp³-hybridized carbons (Fsp3) is 0.263. The van der Waals surface area contributed by atoms with Crippen LogP contribution in [0, 0.1) is 24.0 Å². The number of hydrogen-bond donors (Lipinski definition) is 1. The molecule has 0 fully saturated rings. The Labute approximate surface area is 156 Å². The van der Waals surface area contributed by atoms with Gasteiger partial charge in [-0.05, 0) is 38.0 Å². The van der Waals surface area contributed by atoms with Crippen LogP contribution in [0.2, 0.25) is 0 Å². The van der Waals surface area contributed by atoms with Gasteiger partial charge in [-0.1, -0.05) is 18.2 Å². The Kier molecular flexibility index (Phi) is 5.79. The summed E-state index contributed by atoms with van der Waals surface area (Å²) < 4.78 is 4.77. The number of nitro benzene ring substituents is 1. The number of benzene rings is 2. The molecule has 0 aliphatic rings. The number of amides is 1. The lowest BCUT2D eigenvalue weighted by Crippen LogP contribution is -2.45. The smallest absolute Gasteiger partial charge is 0.328 e. The summed E-state index contributed by atoms with van der Waals surface area (Å²) in [5.74, 6) is -1.82. The van der Waals surface area contributed by atoms with E-state index in [1.807, 2.05) is 6.07 Å². The second kappa shape index (κ2) is 7.86. The zero-order chi connectivity index (χ0) is 20.3. The molecule has 0 saturated carbocycles. The number of para-hydroxylation sites is 1. The number of nitro groups is 1. The van der Waals surface area contributed by atoms with E-state index in [1.54, 1.807) is 26.0 Å². The fourth-order valence-corrected chi connectivity index (χ4v) is 2.87. The van der Waals surface area contributed by atoms with Gasteiger partial charge in [0.2, 0.25) is 0 Å². The molecule has 0 aliphatic carbocycles. The van der Waals surface area contributed by atoms with Crippen molar-refractivity contribution in [3.8, 4) is 5.75 Å². The number of phenols is 1. The molecule has 1 amide bonds. The summed E-state index contributed by atoms with van der Waals surface area (Å²) in [5.41, 5.74) is 1.31. The van der Waals surface area contributed by atoms with E-state index in [0.717, 1.165) is 29.3 Å². The molecule has 142 valence electrons. The largest absolute Gasteiger partial charge is 0.507 e. The predicted octanol–water partition coefficient (Wildman–Crippen LogP) is 3.13. The lowest BCUT2D eigenvalue weighted by atomic mass is 10.0. The maximum atomic E-state index is 13.2. The van der Waals surface area contributed by atoms with Crippen molar-refractivity contribution in [3.05, 3.63) is 63.2 Å². The summed E-state index contributed by atoms with van der Waals surface area (Å²) >= 11 is 0. The first kappa shape index (κ1) is 19.9. The monoisotopic (exact) mass is 372 g/mol. The summed E-state index contributed by atoms with van der Waals surface area (Å²) in [6.07, 6.45) is 0. The molecule has 2 aromatic carbocycles. The Morgan fingerprint density at radius 2 is 1.78 bits per heavy atom. The number of esters is 1. The van der Waals surface area contributed by atoms with E-state index in [9.17, 15) is 24.8 Å². The van der Waals surface area contributed by atoms with Crippen molar-refractivity contribution >= 4 is 23.3 Å². The zero-order valence-corrected chi connectivity index (χ0v) is 15.4. The number of nitrogens with zero attached hydrogens (tertiary/aromatic N) is 2. The molecular weight excluding hydrogens is 352 g/mol. The lowest BCUT2D eigenvalue weighted by molar-refractivity contribution is -0.384. The number of non-ortho nitro benzene ring substituents is 1. The van der Waals surface area contributed by atoms with Gasteiger partial charge in [0.1, 0.15) is 11.8 Å². The number of ether oxygens (including phenoxy) is 1. The van der Waals surface area contributed by atoms with Crippen LogP contribution in [0.5, 0.6) is 5.75 Å². The van der Waals surface area contributed by atoms with Gasteiger partial charge in [-0.25, -0.2) is 4.79 Å². The molecule has 0 radical (unpaired) electrons. The third-order valence-electron chi connectivity index (χ3n) is 4.25. The molecular formula is C19H20N2O6. The van der Waals surface area contributed by atoms with Crippen LogP contribution >= 0.6 is 0 Å². The molecule has 1 N–H and O–H groups in total. The van der Waals surface area contributed by atoms with Gasteiger partial charge in [0.05, 0.1) is 23.3 Å². The summed E-state index contributed by atoms with van der Waals surface area (Å²) in [7, 11) is 1.21. The third kappa shape index (κ3) is 3.89. The standard InChI is InChI=1S/C19H20N2O6/c1-11-6-5-7-12(2)17(11)20(13(3)19(24)27-4)18(23)15-10-14(21(25)26)8-9-16(15)22/h5-10,13,22H,1-4H3. The maximum absolute atomic E-state index is 13.2. The number of aryl methyl sites for hydroxylation is 2. The van der Waals surface area contributed by atoms with Gasteiger partial charge in [-0.15, -0.1) is 0 Å². The number of phenolic OH excluding ortho intramolecular Hbond substituents is 1. The number of rotatable bonds is 5. The highest BCUT2D eigenvalue weighted by atomic mass is 16.6. The lowest BCUT2D eigenvalue weighted by Gasteiger charge is -2.30. The average Bonchev–Trinajstić information content (AvgIpc) is 2.63. The highest BCUT2D eigenvalue weighted by Gasteiger charge is 2.33. The zero-order valence-electron chi connectivity index (χ0n) is 15.4. The Hall–Kier alpha value is -3.42. The molecule has 8 nitrogen and oxygen atoms in total. The Bertz CT molecular complexity index is 889. The number of carbonyl (C=O) groups excluding carboxylic acids is 2. The maximum Gasteiger partial charge on any atom is 0.328 e. The summed E-state index contributed by atoms with van der Waals surface area (Å²) in [6.45, 7) is 5.05. The molecule has 2 aromatic rings. The Morgan fingerprint density at radius 3 is 2.30 bits per heavy atom. The van der Waals surface area contributed by atoms with E-state index in [4.69, 9.17) is 4.74 Å². The van der Waals surface area contributed by atoms with Gasteiger partial charge in [-0.2, -0.15) is 0 Å². The number of methoxy groups -OCH3 is 1. The molecule has 0 heterocycles. The van der Waals surface area contributed by atoms with Crippen molar-refractivity contribution in [3.63, 3.8) is 0 Å². The minimum atomic E-state index is -1.01. The van der Waals surface area contributed by atoms with Gasteiger partial charge in [-0.3, -0.25) is 19.8 Å². The first-order valence-corrected chi connectivity index (χ1v) is 8.14. The second-order valence-corrected chi connectivity index (χ2v) is 6.07. The van der Waals surface area contributed by atoms with Gasteiger partial charge in [0, 0.05) is 12.1 Å². The van der Waals surface area contributed by atoms with E-state index in [0.29, 0.717) is 5.69 Å². The Balaban J connectivity index is 2.68. The number of hydrogen-bond acceptors (Lipinski definition) is 6. The van der Waals surface area contributed by atoms with Crippen molar-refractivity contribution in [1.29, 1.82) is 0 Å². The minimum absolute atomic E-state index is 0.275. The molecule has 27 heavy (non-hydrogen) atoms. The van der Waals surface area contributed by atoms with E-state index in [1.165, 1.54) is 18.9 Å².